The van der Waals surface area contributed by atoms with E-state index >= 15 is 0 Å². The smallest absolute Gasteiger partial charge is 0.200 e. The van der Waals surface area contributed by atoms with Crippen LogP contribution in [0.1, 0.15) is 31.9 Å². The third-order valence-corrected chi connectivity index (χ3v) is 4.98. The second kappa shape index (κ2) is 6.32. The zero-order valence-corrected chi connectivity index (χ0v) is 14.5. The number of aryl methyl sites for hydroxylation is 1. The van der Waals surface area contributed by atoms with Crippen molar-refractivity contribution >= 4 is 19.2 Å². The lowest BCUT2D eigenvalue weighted by molar-refractivity contribution is 0.384. The van der Waals surface area contributed by atoms with Crippen LogP contribution in [0, 0.1) is 36.0 Å². The molecule has 7 heteroatoms. The molecular formula is C17H16F5OP. The monoisotopic (exact) mass is 362 g/mol. The quantitative estimate of drug-likeness (QED) is 0.365. The molecule has 2 rings (SSSR count). The normalized spacial score (nSPS) is 12.4. The van der Waals surface area contributed by atoms with E-state index in [9.17, 15) is 27.1 Å². The molecule has 0 spiro atoms. The Hall–Kier alpha value is -1.68. The molecule has 0 bridgehead atoms. The molecule has 1 nitrogen and oxygen atoms in total. The predicted molar refractivity (Wildman–Crippen MR) is 85.4 cm³/mol. The second-order valence-electron chi connectivity index (χ2n) is 6.51. The summed E-state index contributed by atoms with van der Waals surface area (Å²) >= 11 is 0. The molecule has 0 aliphatic rings. The molecule has 1 atom stereocenters. The molecule has 0 amide bonds. The Morgan fingerprint density at radius 3 is 1.75 bits per heavy atom. The topological polar surface area (TPSA) is 20.2 Å². The van der Waals surface area contributed by atoms with Crippen LogP contribution in [0.25, 0.3) is 0 Å². The van der Waals surface area contributed by atoms with Crippen LogP contribution >= 0.6 is 8.58 Å². The van der Waals surface area contributed by atoms with Gasteiger partial charge in [-0.1, -0.05) is 26.8 Å². The van der Waals surface area contributed by atoms with E-state index in [0.717, 1.165) is 5.56 Å². The van der Waals surface area contributed by atoms with Crippen molar-refractivity contribution < 1.29 is 27.1 Å². The summed E-state index contributed by atoms with van der Waals surface area (Å²) in [4.78, 5) is 0. The number of phenols is 1. The summed E-state index contributed by atoms with van der Waals surface area (Å²) in [6.45, 7) is 7.33. The van der Waals surface area contributed by atoms with E-state index in [4.69, 9.17) is 0 Å². The van der Waals surface area contributed by atoms with Gasteiger partial charge in [0.15, 0.2) is 23.3 Å². The van der Waals surface area contributed by atoms with Crippen molar-refractivity contribution in [2.24, 2.45) is 0 Å². The fourth-order valence-electron chi connectivity index (χ4n) is 2.16. The predicted octanol–water partition coefficient (Wildman–Crippen LogP) is 4.32. The number of rotatable bonds is 2. The first-order valence-corrected chi connectivity index (χ1v) is 8.07. The van der Waals surface area contributed by atoms with Crippen LogP contribution in [0.5, 0.6) is 5.75 Å². The van der Waals surface area contributed by atoms with Gasteiger partial charge in [0.25, 0.3) is 0 Å². The Morgan fingerprint density at radius 1 is 0.833 bits per heavy atom. The Kier molecular flexibility index (Phi) is 4.91. The maximum Gasteiger partial charge on any atom is 0.200 e. The zero-order chi connectivity index (χ0) is 18.4. The van der Waals surface area contributed by atoms with E-state index in [0.29, 0.717) is 5.56 Å². The number of aromatic hydroxyl groups is 1. The van der Waals surface area contributed by atoms with Gasteiger partial charge in [-0.15, -0.1) is 0 Å². The molecule has 0 heterocycles. The minimum atomic E-state index is -2.19. The molecule has 1 unspecified atom stereocenters. The Labute approximate surface area is 138 Å². The highest BCUT2D eigenvalue weighted by Crippen LogP contribution is 2.31. The molecular weight excluding hydrogens is 346 g/mol. The van der Waals surface area contributed by atoms with Crippen LogP contribution in [0.15, 0.2) is 12.1 Å². The standard InChI is InChI=1S/C17H16F5OP/c1-7-5-8(17(2,3)4)6-9(15(7)23)24-16-13(21)11(19)10(18)12(20)14(16)22/h5-6,23-24H,1-4H3. The average Bonchev–Trinajstić information content (AvgIpc) is 2.50. The lowest BCUT2D eigenvalue weighted by Gasteiger charge is -2.22. The van der Waals surface area contributed by atoms with E-state index < -0.39 is 43.0 Å². The van der Waals surface area contributed by atoms with Crippen molar-refractivity contribution in [2.45, 2.75) is 33.1 Å². The van der Waals surface area contributed by atoms with Crippen LogP contribution < -0.4 is 10.6 Å². The summed E-state index contributed by atoms with van der Waals surface area (Å²) in [6.07, 6.45) is 0. The molecule has 0 fully saturated rings. The van der Waals surface area contributed by atoms with Gasteiger partial charge in [0.05, 0.1) is 5.30 Å². The largest absolute Gasteiger partial charge is 0.507 e. The van der Waals surface area contributed by atoms with Gasteiger partial charge in [0.2, 0.25) is 5.82 Å². The van der Waals surface area contributed by atoms with Gasteiger partial charge in [0.1, 0.15) is 5.75 Å². The summed E-state index contributed by atoms with van der Waals surface area (Å²) in [5.41, 5.74) is 0.937. The van der Waals surface area contributed by atoms with Crippen molar-refractivity contribution in [3.8, 4) is 5.75 Å². The maximum absolute atomic E-state index is 13.9. The SMILES string of the molecule is Cc1cc(C(C)(C)C)cc(Pc2c(F)c(F)c(F)c(F)c2F)c1O. The van der Waals surface area contributed by atoms with E-state index in [2.05, 4.69) is 0 Å². The molecule has 0 radical (unpaired) electrons. The minimum absolute atomic E-state index is 0.128. The molecule has 0 aliphatic carbocycles. The average molecular weight is 362 g/mol. The molecule has 2 aromatic rings. The third kappa shape index (κ3) is 3.25. The van der Waals surface area contributed by atoms with E-state index in [-0.39, 0.29) is 16.5 Å². The Morgan fingerprint density at radius 2 is 1.29 bits per heavy atom. The van der Waals surface area contributed by atoms with Gasteiger partial charge in [-0.25, -0.2) is 22.0 Å². The summed E-state index contributed by atoms with van der Waals surface area (Å²) in [6, 6.07) is 3.25. The van der Waals surface area contributed by atoms with Crippen molar-refractivity contribution in [2.75, 3.05) is 0 Å². The van der Waals surface area contributed by atoms with Crippen LogP contribution in [0.4, 0.5) is 22.0 Å². The Balaban J connectivity index is 2.63. The lowest BCUT2D eigenvalue weighted by Crippen LogP contribution is -2.20. The number of hydrogen-bond acceptors (Lipinski definition) is 1. The number of phenolic OH excluding ortho intramolecular Hbond substituents is 1. The van der Waals surface area contributed by atoms with Gasteiger partial charge in [-0.05, 0) is 38.1 Å². The first-order valence-electron chi connectivity index (χ1n) is 7.07. The summed E-state index contributed by atoms with van der Waals surface area (Å²) in [5, 5.41) is 9.31. The summed E-state index contributed by atoms with van der Waals surface area (Å²) in [5.74, 6) is -10.1. The molecule has 0 aromatic heterocycles. The molecule has 1 N–H and O–H groups in total. The molecule has 0 saturated carbocycles. The highest BCUT2D eigenvalue weighted by molar-refractivity contribution is 7.55. The van der Waals surface area contributed by atoms with Gasteiger partial charge in [-0.2, -0.15) is 0 Å². The van der Waals surface area contributed by atoms with Crippen molar-refractivity contribution in [3.63, 3.8) is 0 Å². The van der Waals surface area contributed by atoms with Gasteiger partial charge in [0, 0.05) is 5.30 Å². The number of halogens is 5. The van der Waals surface area contributed by atoms with Gasteiger partial charge >= 0.3 is 0 Å². The Bertz CT molecular complexity index is 783. The molecule has 0 aliphatic heterocycles. The summed E-state index contributed by atoms with van der Waals surface area (Å²) in [7, 11) is -0.912. The van der Waals surface area contributed by atoms with Crippen molar-refractivity contribution in [1.82, 2.24) is 0 Å². The van der Waals surface area contributed by atoms with Crippen molar-refractivity contribution in [3.05, 3.63) is 52.3 Å². The molecule has 0 saturated heterocycles. The third-order valence-electron chi connectivity index (χ3n) is 3.64. The fraction of sp³-hybridized carbons (Fsp3) is 0.294. The van der Waals surface area contributed by atoms with Crippen LogP contribution in [-0.2, 0) is 5.41 Å². The van der Waals surface area contributed by atoms with Crippen LogP contribution in [0.3, 0.4) is 0 Å². The van der Waals surface area contributed by atoms with Crippen LogP contribution in [-0.4, -0.2) is 5.11 Å². The van der Waals surface area contributed by atoms with Gasteiger partial charge in [-0.3, -0.25) is 0 Å². The highest BCUT2D eigenvalue weighted by Gasteiger charge is 2.27. The number of benzene rings is 2. The maximum atomic E-state index is 13.9. The van der Waals surface area contributed by atoms with E-state index in [1.807, 2.05) is 20.8 Å². The minimum Gasteiger partial charge on any atom is -0.507 e. The first-order chi connectivity index (χ1) is 10.9. The molecule has 2 aromatic carbocycles. The number of hydrogen-bond donors (Lipinski definition) is 1. The summed E-state index contributed by atoms with van der Waals surface area (Å²) < 4.78 is 67.5. The molecule has 24 heavy (non-hydrogen) atoms. The first kappa shape index (κ1) is 18.7. The zero-order valence-electron chi connectivity index (χ0n) is 13.5. The van der Waals surface area contributed by atoms with Crippen molar-refractivity contribution in [1.29, 1.82) is 0 Å². The van der Waals surface area contributed by atoms with E-state index in [1.165, 1.54) is 6.07 Å². The van der Waals surface area contributed by atoms with Gasteiger partial charge < -0.3 is 5.11 Å². The lowest BCUT2D eigenvalue weighted by atomic mass is 9.86. The van der Waals surface area contributed by atoms with Crippen LogP contribution in [0.2, 0.25) is 0 Å². The fourth-order valence-corrected chi connectivity index (χ4v) is 3.41. The van der Waals surface area contributed by atoms with E-state index in [1.54, 1.807) is 13.0 Å². The molecule has 130 valence electrons. The second-order valence-corrected chi connectivity index (χ2v) is 7.80. The highest BCUT2D eigenvalue weighted by atomic mass is 31.1.